The number of fused-ring (bicyclic) bond motifs is 1. The molecule has 0 bridgehead atoms. The Bertz CT molecular complexity index is 575. The maximum atomic E-state index is 12.5. The van der Waals surface area contributed by atoms with Crippen molar-refractivity contribution < 1.29 is 9.90 Å². The molecule has 0 atom stereocenters. The van der Waals surface area contributed by atoms with Gasteiger partial charge in [-0.25, -0.2) is 0 Å². The first-order valence-electron chi connectivity index (χ1n) is 7.03. The van der Waals surface area contributed by atoms with Gasteiger partial charge in [0.1, 0.15) is 0 Å². The van der Waals surface area contributed by atoms with E-state index in [1.807, 2.05) is 7.05 Å². The van der Waals surface area contributed by atoms with Crippen LogP contribution in [0.2, 0.25) is 0 Å². The molecule has 1 aromatic heterocycles. The molecule has 0 spiro atoms. The van der Waals surface area contributed by atoms with E-state index in [4.69, 9.17) is 5.11 Å². The van der Waals surface area contributed by atoms with Crippen LogP contribution in [0.15, 0.2) is 10.9 Å². The minimum absolute atomic E-state index is 0.135. The van der Waals surface area contributed by atoms with Crippen molar-refractivity contribution >= 4 is 5.97 Å². The van der Waals surface area contributed by atoms with Crippen LogP contribution in [0.3, 0.4) is 0 Å². The molecule has 0 fully saturated rings. The lowest BCUT2D eigenvalue weighted by Gasteiger charge is -2.28. The van der Waals surface area contributed by atoms with Crippen LogP contribution >= 0.6 is 0 Å². The van der Waals surface area contributed by atoms with Gasteiger partial charge in [0.25, 0.3) is 5.56 Å². The van der Waals surface area contributed by atoms with Gasteiger partial charge in [-0.1, -0.05) is 13.8 Å². The quantitative estimate of drug-likeness (QED) is 0.896. The van der Waals surface area contributed by atoms with Crippen molar-refractivity contribution in [2.24, 2.45) is 5.92 Å². The molecule has 0 unspecified atom stereocenters. The van der Waals surface area contributed by atoms with E-state index in [0.29, 0.717) is 18.0 Å². The normalized spacial score (nSPS) is 15.4. The van der Waals surface area contributed by atoms with E-state index in [0.717, 1.165) is 30.8 Å². The van der Waals surface area contributed by atoms with Crippen LogP contribution in [-0.4, -0.2) is 34.1 Å². The van der Waals surface area contributed by atoms with Crippen LogP contribution in [0.25, 0.3) is 0 Å². The molecular formula is C15H22N2O3. The largest absolute Gasteiger partial charge is 0.481 e. The molecule has 5 nitrogen and oxygen atoms in total. The van der Waals surface area contributed by atoms with Crippen molar-refractivity contribution in [3.63, 3.8) is 0 Å². The van der Waals surface area contributed by atoms with Gasteiger partial charge >= 0.3 is 5.97 Å². The molecule has 1 aliphatic rings. The lowest BCUT2D eigenvalue weighted by molar-refractivity contribution is -0.136. The summed E-state index contributed by atoms with van der Waals surface area (Å²) in [5, 5.41) is 8.96. The van der Waals surface area contributed by atoms with E-state index < -0.39 is 5.97 Å². The van der Waals surface area contributed by atoms with Crippen molar-refractivity contribution in [3.8, 4) is 0 Å². The number of aromatic nitrogens is 1. The summed E-state index contributed by atoms with van der Waals surface area (Å²) in [7, 11) is 2.04. The van der Waals surface area contributed by atoms with Gasteiger partial charge in [-0.05, 0) is 24.6 Å². The van der Waals surface area contributed by atoms with Gasteiger partial charge < -0.3 is 14.6 Å². The zero-order chi connectivity index (χ0) is 14.9. The van der Waals surface area contributed by atoms with Crippen LogP contribution in [0.5, 0.6) is 0 Å². The second kappa shape index (κ2) is 5.79. The monoisotopic (exact) mass is 278 g/mol. The third-order valence-electron chi connectivity index (χ3n) is 3.62. The number of hydrogen-bond donors (Lipinski definition) is 1. The van der Waals surface area contributed by atoms with Crippen LogP contribution in [-0.2, 0) is 30.7 Å². The topological polar surface area (TPSA) is 62.5 Å². The van der Waals surface area contributed by atoms with Gasteiger partial charge in [-0.15, -0.1) is 0 Å². The number of carboxylic acids is 1. The summed E-state index contributed by atoms with van der Waals surface area (Å²) < 4.78 is 1.80. The van der Waals surface area contributed by atoms with E-state index in [1.165, 1.54) is 0 Å². The third-order valence-corrected chi connectivity index (χ3v) is 3.62. The van der Waals surface area contributed by atoms with Crippen molar-refractivity contribution in [2.75, 3.05) is 13.6 Å². The maximum Gasteiger partial charge on any atom is 0.308 e. The summed E-state index contributed by atoms with van der Waals surface area (Å²) in [5.41, 5.74) is 2.43. The highest BCUT2D eigenvalue weighted by Gasteiger charge is 2.21. The minimum atomic E-state index is -0.956. The summed E-state index contributed by atoms with van der Waals surface area (Å²) >= 11 is 0. The Morgan fingerprint density at radius 2 is 2.15 bits per heavy atom. The molecule has 20 heavy (non-hydrogen) atoms. The van der Waals surface area contributed by atoms with Crippen molar-refractivity contribution in [1.82, 2.24) is 9.47 Å². The Labute approximate surface area is 118 Å². The minimum Gasteiger partial charge on any atom is -0.481 e. The first-order valence-corrected chi connectivity index (χ1v) is 7.03. The lowest BCUT2D eigenvalue weighted by Crippen LogP contribution is -2.36. The molecule has 1 aromatic rings. The summed E-state index contributed by atoms with van der Waals surface area (Å²) in [5.74, 6) is -0.598. The molecule has 0 amide bonds. The molecule has 1 aliphatic heterocycles. The summed E-state index contributed by atoms with van der Waals surface area (Å²) in [6, 6.07) is 1.79. The van der Waals surface area contributed by atoms with Crippen LogP contribution in [0.4, 0.5) is 0 Å². The molecule has 2 rings (SSSR count). The predicted octanol–water partition coefficient (Wildman–Crippen LogP) is 1.12. The number of likely N-dealkylation sites (N-methyl/N-ethyl adjacent to an activating group) is 1. The first kappa shape index (κ1) is 14.8. The predicted molar refractivity (Wildman–Crippen MR) is 76.9 cm³/mol. The van der Waals surface area contributed by atoms with E-state index in [-0.39, 0.29) is 12.0 Å². The highest BCUT2D eigenvalue weighted by molar-refractivity contribution is 5.70. The Morgan fingerprint density at radius 1 is 1.45 bits per heavy atom. The van der Waals surface area contributed by atoms with Gasteiger partial charge in [0.2, 0.25) is 0 Å². The smallest absolute Gasteiger partial charge is 0.308 e. The lowest BCUT2D eigenvalue weighted by atomic mass is 10.0. The Morgan fingerprint density at radius 3 is 2.75 bits per heavy atom. The molecule has 0 aromatic carbocycles. The molecular weight excluding hydrogens is 256 g/mol. The average molecular weight is 278 g/mol. The van der Waals surface area contributed by atoms with Gasteiger partial charge in [0.15, 0.2) is 0 Å². The standard InChI is InChI=1S/C15H22N2O3/c1-10(2)8-17-13-4-5-16(3)9-12(13)6-11(15(17)20)7-14(18)19/h6,10H,4-5,7-9H2,1-3H3,(H,18,19). The van der Waals surface area contributed by atoms with Crippen LogP contribution < -0.4 is 5.56 Å². The SMILES string of the molecule is CC(C)Cn1c2c(cc(CC(=O)O)c1=O)CN(C)CC2. The Hall–Kier alpha value is -1.62. The van der Waals surface area contributed by atoms with Gasteiger partial charge in [0.05, 0.1) is 6.42 Å². The van der Waals surface area contributed by atoms with Crippen molar-refractivity contribution in [2.45, 2.75) is 39.8 Å². The number of carboxylic acid groups (broad SMARTS) is 1. The third kappa shape index (κ3) is 3.10. The zero-order valence-electron chi connectivity index (χ0n) is 12.3. The highest BCUT2D eigenvalue weighted by Crippen LogP contribution is 2.19. The van der Waals surface area contributed by atoms with E-state index in [1.54, 1.807) is 10.6 Å². The number of rotatable bonds is 4. The Kier molecular flexibility index (Phi) is 4.28. The summed E-state index contributed by atoms with van der Waals surface area (Å²) in [4.78, 5) is 25.6. The van der Waals surface area contributed by atoms with Crippen LogP contribution in [0, 0.1) is 5.92 Å². The summed E-state index contributed by atoms with van der Waals surface area (Å²) in [6.07, 6.45) is 0.648. The number of pyridine rings is 1. The Balaban J connectivity index is 2.54. The summed E-state index contributed by atoms with van der Waals surface area (Å²) in [6.45, 7) is 6.50. The van der Waals surface area contributed by atoms with Gasteiger partial charge in [-0.2, -0.15) is 0 Å². The molecule has 0 saturated carbocycles. The fourth-order valence-electron chi connectivity index (χ4n) is 2.77. The highest BCUT2D eigenvalue weighted by atomic mass is 16.4. The molecule has 2 heterocycles. The number of carbonyl (C=O) groups is 1. The fourth-order valence-corrected chi connectivity index (χ4v) is 2.77. The first-order chi connectivity index (χ1) is 9.38. The molecule has 0 radical (unpaired) electrons. The maximum absolute atomic E-state index is 12.5. The fraction of sp³-hybridized carbons (Fsp3) is 0.600. The van der Waals surface area contributed by atoms with E-state index in [2.05, 4.69) is 18.7 Å². The molecule has 0 saturated heterocycles. The molecule has 5 heteroatoms. The zero-order valence-corrected chi connectivity index (χ0v) is 12.3. The van der Waals surface area contributed by atoms with Gasteiger partial charge in [-0.3, -0.25) is 9.59 Å². The number of hydrogen-bond acceptors (Lipinski definition) is 3. The average Bonchev–Trinajstić information content (AvgIpc) is 2.33. The second-order valence-corrected chi connectivity index (χ2v) is 6.01. The van der Waals surface area contributed by atoms with Crippen molar-refractivity contribution in [3.05, 3.63) is 33.2 Å². The number of nitrogens with zero attached hydrogens (tertiary/aromatic N) is 2. The van der Waals surface area contributed by atoms with Crippen molar-refractivity contribution in [1.29, 1.82) is 0 Å². The number of aliphatic carboxylic acids is 1. The molecule has 110 valence electrons. The molecule has 0 aliphatic carbocycles. The second-order valence-electron chi connectivity index (χ2n) is 6.01. The van der Waals surface area contributed by atoms with E-state index >= 15 is 0 Å². The van der Waals surface area contributed by atoms with Gasteiger partial charge in [0, 0.05) is 37.3 Å². The van der Waals surface area contributed by atoms with Crippen LogP contribution in [0.1, 0.15) is 30.7 Å². The molecule has 1 N–H and O–H groups in total. The van der Waals surface area contributed by atoms with E-state index in [9.17, 15) is 9.59 Å².